The molecule has 122 valence electrons. The van der Waals surface area contributed by atoms with Gasteiger partial charge in [0.1, 0.15) is 0 Å². The highest BCUT2D eigenvalue weighted by atomic mass is 15.1. The Balaban J connectivity index is 1.41. The monoisotopic (exact) mass is 334 g/mol. The van der Waals surface area contributed by atoms with E-state index >= 15 is 0 Å². The fourth-order valence-corrected chi connectivity index (χ4v) is 4.24. The van der Waals surface area contributed by atoms with Crippen molar-refractivity contribution in [2.24, 2.45) is 0 Å². The van der Waals surface area contributed by atoms with E-state index in [1.807, 2.05) is 0 Å². The van der Waals surface area contributed by atoms with Crippen molar-refractivity contribution < 1.29 is 0 Å². The van der Waals surface area contributed by atoms with E-state index in [-0.39, 0.29) is 13.7 Å². The molecule has 4 aromatic rings. The standard InChI is InChI=1S/C20H16B2N4/c1-5-13-6-2-10-16-19(13)15(9-1)23-21(24-16)22-25-17-11-3-7-14-8-4-12-18(26-22)20(14)17/h1-12,23-26H. The van der Waals surface area contributed by atoms with Crippen LogP contribution < -0.4 is 20.9 Å². The maximum atomic E-state index is 3.66. The number of rotatable bonds is 1. The van der Waals surface area contributed by atoms with E-state index in [0.717, 1.165) is 0 Å². The Morgan fingerprint density at radius 1 is 0.423 bits per heavy atom. The van der Waals surface area contributed by atoms with Crippen LogP contribution in [0.4, 0.5) is 22.7 Å². The van der Waals surface area contributed by atoms with Gasteiger partial charge in [0.25, 0.3) is 0 Å². The number of anilines is 4. The van der Waals surface area contributed by atoms with Gasteiger partial charge in [-0.25, -0.2) is 0 Å². The topological polar surface area (TPSA) is 48.1 Å². The highest BCUT2D eigenvalue weighted by Gasteiger charge is 2.39. The summed E-state index contributed by atoms with van der Waals surface area (Å²) in [6.45, 7) is 0.0539. The Morgan fingerprint density at radius 3 is 1.04 bits per heavy atom. The third kappa shape index (κ3) is 1.93. The van der Waals surface area contributed by atoms with E-state index in [1.54, 1.807) is 0 Å². The molecular weight excluding hydrogens is 318 g/mol. The zero-order valence-electron chi connectivity index (χ0n) is 14.1. The second-order valence-corrected chi connectivity index (χ2v) is 6.95. The summed E-state index contributed by atoms with van der Waals surface area (Å²) in [5.74, 6) is 0. The maximum absolute atomic E-state index is 3.66. The average molecular weight is 334 g/mol. The fourth-order valence-electron chi connectivity index (χ4n) is 4.24. The van der Waals surface area contributed by atoms with Crippen LogP contribution in [-0.4, -0.2) is 13.7 Å². The van der Waals surface area contributed by atoms with E-state index in [0.29, 0.717) is 0 Å². The van der Waals surface area contributed by atoms with Gasteiger partial charge in [-0.15, -0.1) is 0 Å². The molecule has 4 nitrogen and oxygen atoms in total. The summed E-state index contributed by atoms with van der Waals surface area (Å²) < 4.78 is 0. The lowest BCUT2D eigenvalue weighted by atomic mass is 9.33. The molecule has 2 aliphatic rings. The summed E-state index contributed by atoms with van der Waals surface area (Å²) in [5, 5.41) is 19.6. The first kappa shape index (κ1) is 14.0. The molecule has 6 rings (SSSR count). The third-order valence-corrected chi connectivity index (χ3v) is 5.39. The normalized spacial score (nSPS) is 14.5. The van der Waals surface area contributed by atoms with Crippen LogP contribution in [0.5, 0.6) is 0 Å². The molecule has 4 aromatic carbocycles. The molecule has 0 radical (unpaired) electrons. The maximum Gasteiger partial charge on any atom is 0.385 e. The predicted octanol–water partition coefficient (Wildman–Crippen LogP) is 4.42. The zero-order chi connectivity index (χ0) is 17.1. The Kier molecular flexibility index (Phi) is 2.75. The highest BCUT2D eigenvalue weighted by molar-refractivity contribution is 7.27. The van der Waals surface area contributed by atoms with Crippen LogP contribution in [0.1, 0.15) is 0 Å². The van der Waals surface area contributed by atoms with Crippen LogP contribution in [0.3, 0.4) is 0 Å². The van der Waals surface area contributed by atoms with Crippen LogP contribution in [0.2, 0.25) is 0 Å². The minimum Gasteiger partial charge on any atom is -0.412 e. The van der Waals surface area contributed by atoms with Crippen molar-refractivity contribution in [2.45, 2.75) is 0 Å². The first-order chi connectivity index (χ1) is 12.9. The number of hydrogen-bond acceptors (Lipinski definition) is 4. The molecule has 0 unspecified atom stereocenters. The molecule has 2 heterocycles. The molecular formula is C20H16B2N4. The molecule has 4 N–H and O–H groups in total. The molecule has 0 saturated carbocycles. The van der Waals surface area contributed by atoms with Gasteiger partial charge in [0.15, 0.2) is 0 Å². The van der Waals surface area contributed by atoms with E-state index in [2.05, 4.69) is 93.7 Å². The summed E-state index contributed by atoms with van der Waals surface area (Å²) >= 11 is 0. The van der Waals surface area contributed by atoms with Gasteiger partial charge >= 0.3 is 13.7 Å². The van der Waals surface area contributed by atoms with Gasteiger partial charge in [-0.05, 0) is 35.0 Å². The highest BCUT2D eigenvalue weighted by Crippen LogP contribution is 2.37. The molecule has 0 aliphatic carbocycles. The molecule has 0 saturated heterocycles. The molecule has 0 atom stereocenters. The van der Waals surface area contributed by atoms with Gasteiger partial charge in [0.05, 0.1) is 0 Å². The lowest BCUT2D eigenvalue weighted by Crippen LogP contribution is -2.60. The Bertz CT molecular complexity index is 1000. The first-order valence-corrected chi connectivity index (χ1v) is 8.96. The smallest absolute Gasteiger partial charge is 0.385 e. The molecule has 6 heteroatoms. The average Bonchev–Trinajstić information content (AvgIpc) is 2.69. The minimum absolute atomic E-state index is 0.0270. The van der Waals surface area contributed by atoms with Gasteiger partial charge in [-0.1, -0.05) is 48.5 Å². The van der Waals surface area contributed by atoms with E-state index < -0.39 is 0 Å². The van der Waals surface area contributed by atoms with Gasteiger partial charge < -0.3 is 20.9 Å². The van der Waals surface area contributed by atoms with Crippen molar-refractivity contribution in [3.63, 3.8) is 0 Å². The quantitative estimate of drug-likeness (QED) is 0.389. The Labute approximate surface area is 152 Å². The second-order valence-electron chi connectivity index (χ2n) is 6.95. The lowest BCUT2D eigenvalue weighted by molar-refractivity contribution is 1.59. The Hall–Kier alpha value is -3.27. The van der Waals surface area contributed by atoms with Crippen LogP contribution in [0.15, 0.2) is 72.8 Å². The largest absolute Gasteiger partial charge is 0.412 e. The molecule has 0 fully saturated rings. The van der Waals surface area contributed by atoms with Crippen molar-refractivity contribution in [3.05, 3.63) is 72.8 Å². The molecule has 26 heavy (non-hydrogen) atoms. The van der Waals surface area contributed by atoms with E-state index in [1.165, 1.54) is 44.3 Å². The predicted molar refractivity (Wildman–Crippen MR) is 114 cm³/mol. The summed E-state index contributed by atoms with van der Waals surface area (Å²) in [4.78, 5) is 0. The molecule has 0 amide bonds. The molecule has 0 bridgehead atoms. The fraction of sp³-hybridized carbons (Fsp3) is 0. The van der Waals surface area contributed by atoms with Crippen molar-refractivity contribution in [1.29, 1.82) is 0 Å². The van der Waals surface area contributed by atoms with Crippen molar-refractivity contribution in [2.75, 3.05) is 20.9 Å². The van der Waals surface area contributed by atoms with Crippen LogP contribution in [0, 0.1) is 0 Å². The summed E-state index contributed by atoms with van der Waals surface area (Å²) in [6.07, 6.45) is 0. The summed E-state index contributed by atoms with van der Waals surface area (Å²) in [5.41, 5.74) is 4.68. The van der Waals surface area contributed by atoms with Crippen LogP contribution in [-0.2, 0) is 0 Å². The molecule has 0 aromatic heterocycles. The number of nitrogens with one attached hydrogen (secondary N) is 4. The summed E-state index contributed by atoms with van der Waals surface area (Å²) in [7, 11) is 0. The minimum atomic E-state index is 0.0270. The molecule has 0 spiro atoms. The van der Waals surface area contributed by atoms with Gasteiger partial charge in [0, 0.05) is 33.5 Å². The number of hydrogen-bond donors (Lipinski definition) is 4. The Morgan fingerprint density at radius 2 is 0.731 bits per heavy atom. The van der Waals surface area contributed by atoms with Gasteiger partial charge in [-0.2, -0.15) is 0 Å². The first-order valence-electron chi connectivity index (χ1n) is 8.96. The summed E-state index contributed by atoms with van der Waals surface area (Å²) in [6, 6.07) is 25.6. The molecule has 2 aliphatic heterocycles. The van der Waals surface area contributed by atoms with Crippen molar-refractivity contribution >= 4 is 58.0 Å². The second kappa shape index (κ2) is 5.11. The lowest BCUT2D eigenvalue weighted by Gasteiger charge is -2.34. The van der Waals surface area contributed by atoms with E-state index in [9.17, 15) is 0 Å². The van der Waals surface area contributed by atoms with Crippen LogP contribution in [0.25, 0.3) is 21.5 Å². The van der Waals surface area contributed by atoms with Crippen LogP contribution >= 0.6 is 0 Å². The zero-order valence-corrected chi connectivity index (χ0v) is 14.1. The number of benzene rings is 4. The van der Waals surface area contributed by atoms with Gasteiger partial charge in [-0.3, -0.25) is 0 Å². The van der Waals surface area contributed by atoms with Gasteiger partial charge in [0.2, 0.25) is 0 Å². The van der Waals surface area contributed by atoms with E-state index in [4.69, 9.17) is 0 Å². The van der Waals surface area contributed by atoms with Crippen molar-refractivity contribution in [3.8, 4) is 0 Å². The van der Waals surface area contributed by atoms with Crippen molar-refractivity contribution in [1.82, 2.24) is 0 Å². The third-order valence-electron chi connectivity index (χ3n) is 5.39. The SMILES string of the molecule is c1cc2c3c(cccc3c1)NB(B1Nc3cccc4cccc(c34)N1)N2.